The van der Waals surface area contributed by atoms with Crippen molar-refractivity contribution in [3.8, 4) is 11.4 Å². The number of aryl methyl sites for hydroxylation is 2. The van der Waals surface area contributed by atoms with Gasteiger partial charge in [-0.05, 0) is 43.9 Å². The molecule has 1 fully saturated rings. The van der Waals surface area contributed by atoms with E-state index in [2.05, 4.69) is 20.7 Å². The standard InChI is InChI=1S/C19H24N6O2S/c1-11-7-12(2)16(14(26)8-11)25-10-15-17(23-25)22-18(28-15)21-13-5-4-6-24(9-13)19(27)20-3/h7-8,10,13,26H,4-6,9H2,1-3H3,(H,20,27)(H,21,22,23). The number of carbonyl (C=O) groups excluding carboxylic acids is 1. The Hall–Kier alpha value is -2.81. The van der Waals surface area contributed by atoms with Crippen LogP contribution in [0.4, 0.5) is 9.93 Å². The number of hydrogen-bond acceptors (Lipinski definition) is 6. The zero-order chi connectivity index (χ0) is 19.8. The zero-order valence-corrected chi connectivity index (χ0v) is 17.0. The predicted octanol–water partition coefficient (Wildman–Crippen LogP) is 3.02. The second-order valence-corrected chi connectivity index (χ2v) is 8.25. The first kappa shape index (κ1) is 18.5. The summed E-state index contributed by atoms with van der Waals surface area (Å²) < 4.78 is 2.64. The van der Waals surface area contributed by atoms with Crippen LogP contribution in [0.3, 0.4) is 0 Å². The fourth-order valence-electron chi connectivity index (χ4n) is 3.75. The van der Waals surface area contributed by atoms with Crippen molar-refractivity contribution in [1.29, 1.82) is 0 Å². The van der Waals surface area contributed by atoms with Gasteiger partial charge < -0.3 is 20.6 Å². The van der Waals surface area contributed by atoms with Crippen LogP contribution in [0.5, 0.6) is 5.75 Å². The van der Waals surface area contributed by atoms with E-state index in [1.807, 2.05) is 31.0 Å². The van der Waals surface area contributed by atoms with Crippen LogP contribution in [-0.4, -0.2) is 57.0 Å². The van der Waals surface area contributed by atoms with Gasteiger partial charge in [-0.1, -0.05) is 17.4 Å². The molecule has 1 aromatic carbocycles. The molecule has 3 N–H and O–H groups in total. The highest BCUT2D eigenvalue weighted by Crippen LogP contribution is 2.31. The number of carbonyl (C=O) groups is 1. The first-order valence-corrected chi connectivity index (χ1v) is 10.2. The van der Waals surface area contributed by atoms with E-state index in [-0.39, 0.29) is 17.8 Å². The summed E-state index contributed by atoms with van der Waals surface area (Å²) in [6.45, 7) is 5.35. The lowest BCUT2D eigenvalue weighted by Gasteiger charge is -2.32. The van der Waals surface area contributed by atoms with Crippen molar-refractivity contribution in [2.24, 2.45) is 0 Å². The number of anilines is 1. The number of phenolic OH excluding ortho intramolecular Hbond substituents is 1. The summed E-state index contributed by atoms with van der Waals surface area (Å²) in [6, 6.07) is 3.89. The molecule has 3 aromatic rings. The molecule has 0 saturated carbocycles. The molecule has 0 aliphatic carbocycles. The minimum Gasteiger partial charge on any atom is -0.506 e. The number of piperidine rings is 1. The van der Waals surface area contributed by atoms with Crippen molar-refractivity contribution in [3.05, 3.63) is 29.5 Å². The number of phenols is 1. The molecule has 1 saturated heterocycles. The van der Waals surface area contributed by atoms with Gasteiger partial charge in [0.25, 0.3) is 0 Å². The summed E-state index contributed by atoms with van der Waals surface area (Å²) in [7, 11) is 1.65. The van der Waals surface area contributed by atoms with Crippen molar-refractivity contribution < 1.29 is 9.90 Å². The first-order valence-electron chi connectivity index (χ1n) is 9.34. The summed E-state index contributed by atoms with van der Waals surface area (Å²) >= 11 is 1.53. The summed E-state index contributed by atoms with van der Waals surface area (Å²) in [4.78, 5) is 18.3. The van der Waals surface area contributed by atoms with Crippen LogP contribution >= 0.6 is 11.3 Å². The van der Waals surface area contributed by atoms with E-state index in [9.17, 15) is 9.90 Å². The monoisotopic (exact) mass is 400 g/mol. The van der Waals surface area contributed by atoms with Gasteiger partial charge in [0.2, 0.25) is 0 Å². The molecule has 8 nitrogen and oxygen atoms in total. The van der Waals surface area contributed by atoms with Crippen LogP contribution in [0.1, 0.15) is 24.0 Å². The van der Waals surface area contributed by atoms with E-state index in [0.29, 0.717) is 17.9 Å². The zero-order valence-electron chi connectivity index (χ0n) is 16.2. The molecular formula is C19H24N6O2S. The van der Waals surface area contributed by atoms with Crippen LogP contribution in [0.25, 0.3) is 16.0 Å². The minimum atomic E-state index is -0.0413. The minimum absolute atomic E-state index is 0.0413. The van der Waals surface area contributed by atoms with Crippen LogP contribution in [0.2, 0.25) is 0 Å². The van der Waals surface area contributed by atoms with Gasteiger partial charge in [0.15, 0.2) is 10.8 Å². The lowest BCUT2D eigenvalue weighted by atomic mass is 10.1. The number of hydrogen-bond donors (Lipinski definition) is 3. The highest BCUT2D eigenvalue weighted by atomic mass is 32.1. The Bertz CT molecular complexity index is 972. The second kappa shape index (κ2) is 7.31. The fourth-order valence-corrected chi connectivity index (χ4v) is 4.64. The summed E-state index contributed by atoms with van der Waals surface area (Å²) in [5, 5.41) is 21.8. The van der Waals surface area contributed by atoms with Gasteiger partial charge >= 0.3 is 6.03 Å². The van der Waals surface area contributed by atoms with Gasteiger partial charge in [0.05, 0.1) is 10.9 Å². The third-order valence-corrected chi connectivity index (χ3v) is 5.89. The molecule has 2 aromatic heterocycles. The normalized spacial score (nSPS) is 17.1. The van der Waals surface area contributed by atoms with Crippen molar-refractivity contribution in [3.63, 3.8) is 0 Å². The molecule has 148 valence electrons. The van der Waals surface area contributed by atoms with Gasteiger partial charge in [-0.25, -0.2) is 9.48 Å². The number of aromatic hydroxyl groups is 1. The smallest absolute Gasteiger partial charge is 0.317 e. The van der Waals surface area contributed by atoms with E-state index >= 15 is 0 Å². The lowest BCUT2D eigenvalue weighted by molar-refractivity contribution is 0.184. The van der Waals surface area contributed by atoms with Crippen LogP contribution in [0.15, 0.2) is 18.3 Å². The van der Waals surface area contributed by atoms with Gasteiger partial charge in [-0.2, -0.15) is 4.98 Å². The Morgan fingerprint density at radius 2 is 2.18 bits per heavy atom. The van der Waals surface area contributed by atoms with E-state index in [1.165, 1.54) is 11.3 Å². The van der Waals surface area contributed by atoms with E-state index in [0.717, 1.165) is 40.3 Å². The number of urea groups is 1. The summed E-state index contributed by atoms with van der Waals surface area (Å²) in [5.41, 5.74) is 3.29. The van der Waals surface area contributed by atoms with E-state index in [1.54, 1.807) is 17.8 Å². The van der Waals surface area contributed by atoms with Crippen molar-refractivity contribution in [2.45, 2.75) is 32.7 Å². The average molecular weight is 401 g/mol. The molecule has 1 unspecified atom stereocenters. The van der Waals surface area contributed by atoms with Crippen LogP contribution < -0.4 is 10.6 Å². The first-order chi connectivity index (χ1) is 13.4. The number of benzene rings is 1. The van der Waals surface area contributed by atoms with Gasteiger partial charge in [-0.15, -0.1) is 5.10 Å². The Balaban J connectivity index is 1.53. The number of nitrogens with one attached hydrogen (secondary N) is 2. The third kappa shape index (κ3) is 3.49. The highest BCUT2D eigenvalue weighted by molar-refractivity contribution is 7.22. The van der Waals surface area contributed by atoms with E-state index < -0.39 is 0 Å². The molecule has 4 rings (SSSR count). The average Bonchev–Trinajstić information content (AvgIpc) is 3.18. The summed E-state index contributed by atoms with van der Waals surface area (Å²) in [5.74, 6) is 0.211. The maximum atomic E-state index is 11.9. The number of fused-ring (bicyclic) bond motifs is 1. The molecule has 28 heavy (non-hydrogen) atoms. The molecule has 1 aliphatic heterocycles. The Morgan fingerprint density at radius 1 is 1.36 bits per heavy atom. The van der Waals surface area contributed by atoms with Gasteiger partial charge in [0, 0.05) is 26.2 Å². The Morgan fingerprint density at radius 3 is 2.89 bits per heavy atom. The van der Waals surface area contributed by atoms with Crippen molar-refractivity contribution in [1.82, 2.24) is 25.0 Å². The fraction of sp³-hybridized carbons (Fsp3) is 0.421. The number of nitrogens with zero attached hydrogens (tertiary/aromatic N) is 4. The molecule has 9 heteroatoms. The lowest BCUT2D eigenvalue weighted by Crippen LogP contribution is -2.48. The number of aromatic nitrogens is 3. The Labute approximate surface area is 167 Å². The molecule has 0 spiro atoms. The molecule has 0 radical (unpaired) electrons. The number of amides is 2. The highest BCUT2D eigenvalue weighted by Gasteiger charge is 2.24. The molecule has 2 amide bonds. The largest absolute Gasteiger partial charge is 0.506 e. The number of likely N-dealkylation sites (tertiary alicyclic amines) is 1. The maximum Gasteiger partial charge on any atom is 0.317 e. The maximum absolute atomic E-state index is 11.9. The molecular weight excluding hydrogens is 376 g/mol. The second-order valence-electron chi connectivity index (χ2n) is 7.21. The third-order valence-electron chi connectivity index (χ3n) is 4.98. The quantitative estimate of drug-likeness (QED) is 0.628. The van der Waals surface area contributed by atoms with E-state index in [4.69, 9.17) is 0 Å². The summed E-state index contributed by atoms with van der Waals surface area (Å²) in [6.07, 6.45) is 3.86. The van der Waals surface area contributed by atoms with Gasteiger partial charge in [-0.3, -0.25) is 0 Å². The molecule has 1 atom stereocenters. The molecule has 1 aliphatic rings. The predicted molar refractivity (Wildman–Crippen MR) is 111 cm³/mol. The van der Waals surface area contributed by atoms with Crippen LogP contribution in [0, 0.1) is 13.8 Å². The SMILES string of the molecule is CNC(=O)N1CCCC(Nc2nc3nn(-c4c(C)cc(C)cc4O)cc3s2)C1. The van der Waals surface area contributed by atoms with Crippen molar-refractivity contribution in [2.75, 3.05) is 25.5 Å². The molecule has 0 bridgehead atoms. The topological polar surface area (TPSA) is 95.3 Å². The van der Waals surface area contributed by atoms with Crippen LogP contribution in [-0.2, 0) is 0 Å². The Kier molecular flexibility index (Phi) is 4.84. The number of thiazole rings is 1. The molecule has 3 heterocycles. The van der Waals surface area contributed by atoms with Gasteiger partial charge in [0.1, 0.15) is 11.4 Å². The van der Waals surface area contributed by atoms with Crippen molar-refractivity contribution >= 4 is 32.8 Å². The number of rotatable bonds is 3.